The molecule has 6 heteroatoms. The second-order valence-corrected chi connectivity index (χ2v) is 4.62. The lowest BCUT2D eigenvalue weighted by Gasteiger charge is -2.29. The maximum atomic E-state index is 11.5. The smallest absolute Gasteiger partial charge is 0.360 e. The standard InChI is InChI=1S/C13H18N2O4/c1-3-18-12(17)11-8-19-13(14-11)15(2)9-4-6-10(16)7-5-9/h8-9H,3-7H2,1-2H3. The van der Waals surface area contributed by atoms with E-state index in [0.717, 1.165) is 12.8 Å². The van der Waals surface area contributed by atoms with Gasteiger partial charge in [0.05, 0.1) is 6.61 Å². The van der Waals surface area contributed by atoms with Gasteiger partial charge in [0.25, 0.3) is 6.01 Å². The predicted molar refractivity (Wildman–Crippen MR) is 68.1 cm³/mol. The average molecular weight is 266 g/mol. The number of aromatic nitrogens is 1. The fraction of sp³-hybridized carbons (Fsp3) is 0.615. The summed E-state index contributed by atoms with van der Waals surface area (Å²) in [5, 5.41) is 0. The van der Waals surface area contributed by atoms with Crippen molar-refractivity contribution in [3.8, 4) is 0 Å². The van der Waals surface area contributed by atoms with Crippen LogP contribution in [-0.2, 0) is 9.53 Å². The molecule has 104 valence electrons. The number of oxazole rings is 1. The van der Waals surface area contributed by atoms with E-state index < -0.39 is 5.97 Å². The van der Waals surface area contributed by atoms with Crippen molar-refractivity contribution in [1.29, 1.82) is 0 Å². The van der Waals surface area contributed by atoms with Crippen LogP contribution in [0.1, 0.15) is 43.1 Å². The fourth-order valence-electron chi connectivity index (χ4n) is 2.19. The third-order valence-corrected chi connectivity index (χ3v) is 3.34. The Morgan fingerprint density at radius 2 is 2.21 bits per heavy atom. The third kappa shape index (κ3) is 3.13. The SMILES string of the molecule is CCOC(=O)c1coc(N(C)C2CCC(=O)CC2)n1. The number of carbonyl (C=O) groups is 2. The Hall–Kier alpha value is -1.85. The van der Waals surface area contributed by atoms with Crippen molar-refractivity contribution in [2.24, 2.45) is 0 Å². The number of nitrogens with zero attached hydrogens (tertiary/aromatic N) is 2. The van der Waals surface area contributed by atoms with Crippen molar-refractivity contribution in [2.45, 2.75) is 38.6 Å². The lowest BCUT2D eigenvalue weighted by atomic mass is 9.94. The zero-order chi connectivity index (χ0) is 13.8. The summed E-state index contributed by atoms with van der Waals surface area (Å²) >= 11 is 0. The normalized spacial score (nSPS) is 16.4. The first-order valence-electron chi connectivity index (χ1n) is 6.49. The van der Waals surface area contributed by atoms with Crippen LogP contribution in [0, 0.1) is 0 Å². The molecule has 1 fully saturated rings. The van der Waals surface area contributed by atoms with Crippen LogP contribution in [-0.4, -0.2) is 36.4 Å². The lowest BCUT2D eigenvalue weighted by Crippen LogP contribution is -2.35. The largest absolute Gasteiger partial charge is 0.461 e. The molecule has 0 amide bonds. The van der Waals surface area contributed by atoms with E-state index in [1.165, 1.54) is 6.26 Å². The van der Waals surface area contributed by atoms with Crippen LogP contribution in [0.5, 0.6) is 0 Å². The summed E-state index contributed by atoms with van der Waals surface area (Å²) in [7, 11) is 1.86. The van der Waals surface area contributed by atoms with E-state index >= 15 is 0 Å². The molecule has 0 saturated heterocycles. The van der Waals surface area contributed by atoms with Crippen LogP contribution < -0.4 is 4.90 Å². The van der Waals surface area contributed by atoms with Crippen LogP contribution in [0.25, 0.3) is 0 Å². The van der Waals surface area contributed by atoms with E-state index in [1.807, 2.05) is 11.9 Å². The maximum Gasteiger partial charge on any atom is 0.360 e. The van der Waals surface area contributed by atoms with Gasteiger partial charge in [-0.25, -0.2) is 4.79 Å². The summed E-state index contributed by atoms with van der Waals surface area (Å²) in [5.74, 6) is -0.172. The number of esters is 1. The van der Waals surface area contributed by atoms with E-state index in [4.69, 9.17) is 9.15 Å². The van der Waals surface area contributed by atoms with Gasteiger partial charge in [0.1, 0.15) is 12.0 Å². The molecular weight excluding hydrogens is 248 g/mol. The van der Waals surface area contributed by atoms with Gasteiger partial charge in [0.15, 0.2) is 5.69 Å². The zero-order valence-corrected chi connectivity index (χ0v) is 11.2. The van der Waals surface area contributed by atoms with Crippen molar-refractivity contribution < 1.29 is 18.7 Å². The molecule has 1 aliphatic rings. The Bertz CT molecular complexity index is 459. The molecule has 1 aliphatic carbocycles. The number of ketones is 1. The molecular formula is C13H18N2O4. The highest BCUT2D eigenvalue weighted by atomic mass is 16.5. The first-order valence-corrected chi connectivity index (χ1v) is 6.49. The van der Waals surface area contributed by atoms with Crippen LogP contribution in [0.15, 0.2) is 10.7 Å². The van der Waals surface area contributed by atoms with E-state index in [0.29, 0.717) is 31.2 Å². The Morgan fingerprint density at radius 1 is 1.53 bits per heavy atom. The topological polar surface area (TPSA) is 72.6 Å². The second-order valence-electron chi connectivity index (χ2n) is 4.62. The monoisotopic (exact) mass is 266 g/mol. The highest BCUT2D eigenvalue weighted by molar-refractivity contribution is 5.87. The summed E-state index contributed by atoms with van der Waals surface area (Å²) in [6.07, 6.45) is 4.09. The van der Waals surface area contributed by atoms with E-state index in [1.54, 1.807) is 6.92 Å². The minimum absolute atomic E-state index is 0.176. The van der Waals surface area contributed by atoms with Gasteiger partial charge in [0.2, 0.25) is 0 Å². The molecule has 0 spiro atoms. The van der Waals surface area contributed by atoms with Crippen LogP contribution in [0.3, 0.4) is 0 Å². The molecule has 0 aromatic carbocycles. The predicted octanol–water partition coefficient (Wildman–Crippen LogP) is 1.80. The Morgan fingerprint density at radius 3 is 2.84 bits per heavy atom. The first kappa shape index (κ1) is 13.6. The van der Waals surface area contributed by atoms with Gasteiger partial charge in [-0.15, -0.1) is 0 Å². The molecule has 19 heavy (non-hydrogen) atoms. The van der Waals surface area contributed by atoms with Gasteiger partial charge in [-0.2, -0.15) is 4.98 Å². The summed E-state index contributed by atoms with van der Waals surface area (Å²) in [6.45, 7) is 2.05. The number of hydrogen-bond acceptors (Lipinski definition) is 6. The molecule has 0 aliphatic heterocycles. The highest BCUT2D eigenvalue weighted by Gasteiger charge is 2.25. The van der Waals surface area contributed by atoms with E-state index in [2.05, 4.69) is 4.98 Å². The Labute approximate surface area is 111 Å². The zero-order valence-electron chi connectivity index (χ0n) is 11.2. The molecule has 0 bridgehead atoms. The van der Waals surface area contributed by atoms with Crippen molar-refractivity contribution >= 4 is 17.8 Å². The molecule has 1 saturated carbocycles. The van der Waals surface area contributed by atoms with Gasteiger partial charge >= 0.3 is 5.97 Å². The van der Waals surface area contributed by atoms with Crippen LogP contribution >= 0.6 is 0 Å². The molecule has 0 N–H and O–H groups in total. The summed E-state index contributed by atoms with van der Waals surface area (Å²) in [4.78, 5) is 28.7. The van der Waals surface area contributed by atoms with Crippen molar-refractivity contribution in [3.63, 3.8) is 0 Å². The Balaban J connectivity index is 2.01. The third-order valence-electron chi connectivity index (χ3n) is 3.34. The summed E-state index contributed by atoms with van der Waals surface area (Å²) in [6, 6.07) is 0.619. The molecule has 1 heterocycles. The lowest BCUT2D eigenvalue weighted by molar-refractivity contribution is -0.120. The quantitative estimate of drug-likeness (QED) is 0.774. The molecule has 6 nitrogen and oxygen atoms in total. The molecule has 0 radical (unpaired) electrons. The van der Waals surface area contributed by atoms with Crippen molar-refractivity contribution in [2.75, 3.05) is 18.6 Å². The van der Waals surface area contributed by atoms with E-state index in [-0.39, 0.29) is 11.7 Å². The van der Waals surface area contributed by atoms with E-state index in [9.17, 15) is 9.59 Å². The fourth-order valence-corrected chi connectivity index (χ4v) is 2.19. The summed E-state index contributed by atoms with van der Waals surface area (Å²) in [5.41, 5.74) is 0.176. The van der Waals surface area contributed by atoms with Crippen molar-refractivity contribution in [1.82, 2.24) is 4.98 Å². The number of Topliss-reactive ketones (excluding diaryl/α,β-unsaturated/α-hetero) is 1. The number of ether oxygens (including phenoxy) is 1. The maximum absolute atomic E-state index is 11.5. The van der Waals surface area contributed by atoms with Crippen LogP contribution in [0.4, 0.5) is 6.01 Å². The molecule has 1 aromatic heterocycles. The molecule has 0 atom stereocenters. The first-order chi connectivity index (χ1) is 9.11. The van der Waals surface area contributed by atoms with Gasteiger partial charge in [-0.05, 0) is 19.8 Å². The van der Waals surface area contributed by atoms with Gasteiger partial charge < -0.3 is 14.1 Å². The minimum atomic E-state index is -0.482. The van der Waals surface area contributed by atoms with Gasteiger partial charge in [0, 0.05) is 25.9 Å². The second kappa shape index (κ2) is 5.86. The van der Waals surface area contributed by atoms with Gasteiger partial charge in [-0.3, -0.25) is 4.79 Å². The number of rotatable bonds is 4. The molecule has 0 unspecified atom stereocenters. The number of hydrogen-bond donors (Lipinski definition) is 0. The number of anilines is 1. The number of carbonyl (C=O) groups excluding carboxylic acids is 2. The summed E-state index contributed by atoms with van der Waals surface area (Å²) < 4.78 is 10.2. The van der Waals surface area contributed by atoms with Crippen LogP contribution in [0.2, 0.25) is 0 Å². The van der Waals surface area contributed by atoms with Gasteiger partial charge in [-0.1, -0.05) is 0 Å². The molecule has 1 aromatic rings. The molecule has 2 rings (SSSR count). The Kier molecular flexibility index (Phi) is 4.19. The van der Waals surface area contributed by atoms with Crippen molar-refractivity contribution in [3.05, 3.63) is 12.0 Å². The highest BCUT2D eigenvalue weighted by Crippen LogP contribution is 2.24. The average Bonchev–Trinajstić information content (AvgIpc) is 2.89. The minimum Gasteiger partial charge on any atom is -0.461 e.